The second kappa shape index (κ2) is 28.6. The van der Waals surface area contributed by atoms with Crippen LogP contribution in [0.4, 0.5) is 11.4 Å². The minimum atomic E-state index is -4.48. The number of nitrogens with zero attached hydrogens (tertiary/aromatic N) is 4. The van der Waals surface area contributed by atoms with Gasteiger partial charge in [0.1, 0.15) is 47.6 Å². The third kappa shape index (κ3) is 14.2. The molecule has 0 unspecified atom stereocenters. The van der Waals surface area contributed by atoms with E-state index in [1.807, 2.05) is 90.9 Å². The fourth-order valence-electron chi connectivity index (χ4n) is 15.3. The Labute approximate surface area is 617 Å². The number of likely N-dealkylation sites (N-methyl/N-ethyl adjacent to an activating group) is 4. The Morgan fingerprint density at radius 3 is 1.33 bits per heavy atom. The van der Waals surface area contributed by atoms with Crippen LogP contribution < -0.4 is 49.6 Å². The first-order valence-corrected chi connectivity index (χ1v) is 38.7. The highest BCUT2D eigenvalue weighted by Gasteiger charge is 2.42. The quantitative estimate of drug-likeness (QED) is 0.00604. The number of carboxylic acid groups (broad SMARTS) is 2. The number of fused-ring (bicyclic) bond motifs is 8. The van der Waals surface area contributed by atoms with E-state index in [2.05, 4.69) is 75.8 Å². The topological polar surface area (TPSA) is 292 Å². The molecule has 30 heteroatoms. The van der Waals surface area contributed by atoms with Gasteiger partial charge in [0.2, 0.25) is 10.7 Å². The number of hydrogen-bond acceptors (Lipinski definition) is 18. The van der Waals surface area contributed by atoms with Crippen molar-refractivity contribution in [1.82, 2.24) is 9.15 Å². The summed E-state index contributed by atoms with van der Waals surface area (Å²) in [5.41, 5.74) is 6.88. The number of rotatable bonds is 20. The molecule has 0 fully saturated rings. The molecule has 0 radical (unpaired) electrons. The summed E-state index contributed by atoms with van der Waals surface area (Å²) in [6, 6.07) is 21.7. The highest BCUT2D eigenvalue weighted by molar-refractivity contribution is 7.95. The van der Waals surface area contributed by atoms with Crippen LogP contribution in [0.15, 0.2) is 97.1 Å². The molecule has 0 atom stereocenters. The Bertz CT molecular complexity index is 5250. The van der Waals surface area contributed by atoms with Crippen LogP contribution in [0.2, 0.25) is 20.1 Å². The van der Waals surface area contributed by atoms with Crippen LogP contribution >= 0.6 is 70.5 Å². The maximum Gasteiger partial charge on any atom is 0.337 e. The average molecular weight is 1550 g/mol. The Hall–Kier alpha value is -6.80. The Morgan fingerprint density at radius 1 is 0.510 bits per heavy atom. The standard InChI is InChI=1S/C36H34Cl4N2O9S2.C36H38N2O9S2/c1-7-41-23-11-25-21(9-19(23)17(13-35(41,3)4)15-52-51-50-45)27(28-29(34(43)44)31(38)33(40)32(39)30(28)37)22-10-20-18(16-53(46,47)48)14-36(5,6)42(8-2)24(20)12-26(22)49-25;1-7-37-29-15-31-27(13-25(29)21(17-35(37,3)4)19-48-47-46-41)33(23-11-9-10-12-24(23)34(39)40)28-14-26-22(20-49(42,43)44)18-36(5,6)38(8-2)30(26)16-32(28)45-31/h9-14H,7-8,15-16H2,1-6H3,(H2-,43,44,45,46,47,48);9-18H,7-8,19-20H2,1-6H3,(H2-,39,40,41,42,43,44)/p+2. The van der Waals surface area contributed by atoms with Crippen molar-refractivity contribution in [2.45, 2.75) is 105 Å². The smallest absolute Gasteiger partial charge is 0.337 e. The zero-order valence-corrected chi connectivity index (χ0v) is 63.7. The van der Waals surface area contributed by atoms with Gasteiger partial charge in [-0.2, -0.15) is 16.8 Å². The molecule has 6 aliphatic rings. The Kier molecular flexibility index (Phi) is 21.4. The predicted molar refractivity (Wildman–Crippen MR) is 400 cm³/mol. The number of aromatic carboxylic acids is 2. The molecule has 6 aliphatic heterocycles. The van der Waals surface area contributed by atoms with Gasteiger partial charge in [0.15, 0.2) is 11.1 Å². The van der Waals surface area contributed by atoms with Gasteiger partial charge < -0.3 is 29.5 Å². The molecule has 12 rings (SSSR count). The van der Waals surface area contributed by atoms with Crippen LogP contribution in [0.1, 0.15) is 148 Å². The van der Waals surface area contributed by atoms with Gasteiger partial charge >= 0.3 is 11.9 Å². The molecule has 6 heterocycles. The van der Waals surface area contributed by atoms with Gasteiger partial charge in [-0.3, -0.25) is 9.11 Å². The first-order chi connectivity index (χ1) is 47.9. The molecule has 0 spiro atoms. The molecular formula is C72H74Cl4N4O18S4+2. The average Bonchev–Trinajstić information content (AvgIpc) is 0.716. The van der Waals surface area contributed by atoms with E-state index in [-0.39, 0.29) is 48.1 Å². The molecule has 22 nitrogen and oxygen atoms in total. The van der Waals surface area contributed by atoms with E-state index in [4.69, 9.17) is 75.1 Å². The SMILES string of the molecule is CCN1c2cc3c(cc2C(CSOOO)=CC1(C)C)C(c1c(Cl)c(Cl)c(Cl)c(Cl)c1C(=O)O)=c1cc2c(cc1O3)=[N+](CC)C(C)(C)C=C2CS(=O)(=O)O.CCN1c2cc3c(cc2C(CSOOO)=CC1(C)C)C(c1ccccc1C(=O)O)=c1cc2c(cc1O3)=[N+](CC)C(C)(C)C=C2CS(=O)(=O)O. The van der Waals surface area contributed by atoms with Gasteiger partial charge in [-0.15, -0.1) is 8.67 Å². The summed E-state index contributed by atoms with van der Waals surface area (Å²) < 4.78 is 96.3. The third-order valence-corrected chi connectivity index (χ3v) is 23.4. The van der Waals surface area contributed by atoms with E-state index in [0.717, 1.165) is 63.1 Å². The molecule has 6 N–H and O–H groups in total. The molecule has 102 heavy (non-hydrogen) atoms. The lowest BCUT2D eigenvalue weighted by Crippen LogP contribution is -2.50. The highest BCUT2D eigenvalue weighted by atomic mass is 35.5. The number of carbonyl (C=O) groups is 2. The minimum absolute atomic E-state index is 0.0338. The maximum atomic E-state index is 13.0. The summed E-state index contributed by atoms with van der Waals surface area (Å²) in [6.45, 7) is 26.7. The lowest BCUT2D eigenvalue weighted by atomic mass is 9.83. The molecule has 6 aromatic rings. The number of ether oxygens (including phenoxy) is 2. The monoisotopic (exact) mass is 1550 g/mol. The van der Waals surface area contributed by atoms with Crippen LogP contribution in [0.5, 0.6) is 23.0 Å². The summed E-state index contributed by atoms with van der Waals surface area (Å²) in [6.07, 6.45) is 7.83. The van der Waals surface area contributed by atoms with Crippen LogP contribution in [-0.4, -0.2) is 130 Å². The van der Waals surface area contributed by atoms with E-state index in [1.165, 1.54) is 0 Å². The first kappa shape index (κ1) is 76.3. The summed E-state index contributed by atoms with van der Waals surface area (Å²) >= 11 is 28.4. The van der Waals surface area contributed by atoms with E-state index in [0.29, 0.717) is 115 Å². The molecular weight excluding hydrogens is 1480 g/mol. The summed E-state index contributed by atoms with van der Waals surface area (Å²) in [7, 11) is -8.87. The number of hydrogen-bond donors (Lipinski definition) is 6. The van der Waals surface area contributed by atoms with Crippen LogP contribution in [0, 0.1) is 0 Å². The van der Waals surface area contributed by atoms with Crippen molar-refractivity contribution in [3.63, 3.8) is 0 Å². The van der Waals surface area contributed by atoms with Gasteiger partial charge in [0.05, 0.1) is 65.6 Å². The van der Waals surface area contributed by atoms with Gasteiger partial charge in [0, 0.05) is 149 Å². The Balaban J connectivity index is 0.000000206. The van der Waals surface area contributed by atoms with Crippen molar-refractivity contribution in [1.29, 1.82) is 0 Å². The number of benzene rings is 6. The fraction of sp³-hybridized carbons (Fsp3) is 0.333. The van der Waals surface area contributed by atoms with Crippen molar-refractivity contribution in [3.8, 4) is 23.0 Å². The van der Waals surface area contributed by atoms with Gasteiger partial charge in [0.25, 0.3) is 20.2 Å². The normalized spacial score (nSPS) is 17.1. The number of halogens is 4. The molecule has 0 amide bonds. The minimum Gasteiger partial charge on any atom is -0.478 e. The predicted octanol–water partition coefficient (Wildman–Crippen LogP) is 13.4. The molecule has 0 aromatic heterocycles. The molecule has 0 saturated carbocycles. The second-order valence-corrected chi connectivity index (χ2v) is 32.8. The van der Waals surface area contributed by atoms with Crippen molar-refractivity contribution in [2.24, 2.45) is 0 Å². The number of anilines is 2. The van der Waals surface area contributed by atoms with Gasteiger partial charge in [-0.1, -0.05) is 86.8 Å². The molecule has 0 aliphatic carbocycles. The third-order valence-electron chi connectivity index (χ3n) is 19.0. The number of carboxylic acids is 2. The van der Waals surface area contributed by atoms with Crippen molar-refractivity contribution in [2.75, 3.05) is 59.0 Å². The van der Waals surface area contributed by atoms with Crippen LogP contribution in [0.25, 0.3) is 33.4 Å². The van der Waals surface area contributed by atoms with Gasteiger partial charge in [-0.25, -0.2) is 29.3 Å². The highest BCUT2D eigenvalue weighted by Crippen LogP contribution is 2.52. The molecule has 0 bridgehead atoms. The zero-order chi connectivity index (χ0) is 74.4. The summed E-state index contributed by atoms with van der Waals surface area (Å²) in [5, 5.41) is 47.7. The largest absolute Gasteiger partial charge is 0.478 e. The van der Waals surface area contributed by atoms with E-state index in [9.17, 15) is 45.7 Å². The van der Waals surface area contributed by atoms with Gasteiger partial charge in [-0.05, 0) is 126 Å². The molecule has 540 valence electrons. The van der Waals surface area contributed by atoms with Crippen molar-refractivity contribution in [3.05, 3.63) is 194 Å². The first-order valence-electron chi connectivity index (χ1n) is 32.2. The van der Waals surface area contributed by atoms with E-state index >= 15 is 0 Å². The van der Waals surface area contributed by atoms with Crippen LogP contribution in [0.3, 0.4) is 0 Å². The van der Waals surface area contributed by atoms with Crippen LogP contribution in [-0.2, 0) is 39.0 Å². The second-order valence-electron chi connectivity index (χ2n) is 27.1. The fourth-order valence-corrected chi connectivity index (χ4v) is 18.5. The summed E-state index contributed by atoms with van der Waals surface area (Å²) in [4.78, 5) is 30.1. The zero-order valence-electron chi connectivity index (χ0n) is 57.4. The van der Waals surface area contributed by atoms with E-state index in [1.54, 1.807) is 42.5 Å². The van der Waals surface area contributed by atoms with E-state index < -0.39 is 65.9 Å². The maximum absolute atomic E-state index is 13.0. The summed E-state index contributed by atoms with van der Waals surface area (Å²) in [5.74, 6) is -1.48. The lowest BCUT2D eigenvalue weighted by molar-refractivity contribution is -0.432. The molecule has 0 saturated heterocycles. The van der Waals surface area contributed by atoms with Crippen molar-refractivity contribution >= 4 is 147 Å². The Morgan fingerprint density at radius 2 is 0.931 bits per heavy atom. The molecule has 6 aromatic carbocycles. The lowest BCUT2D eigenvalue weighted by Gasteiger charge is -2.43. The van der Waals surface area contributed by atoms with Crippen molar-refractivity contribution < 1.29 is 84.5 Å².